The molecule has 1 aliphatic heterocycles. The van der Waals surface area contributed by atoms with E-state index in [2.05, 4.69) is 24.0 Å². The van der Waals surface area contributed by atoms with Crippen molar-refractivity contribution in [3.8, 4) is 5.75 Å². The smallest absolute Gasteiger partial charge is 0.323 e. The molecule has 2 rings (SSSR count). The average Bonchev–Trinajstić information content (AvgIpc) is 3.05. The number of nitrogens with zero attached hydrogens (tertiary/aromatic N) is 4. The van der Waals surface area contributed by atoms with Crippen LogP contribution in [0, 0.1) is 0 Å². The first-order valence-corrected chi connectivity index (χ1v) is 20.0. The Kier molecular flexibility index (Phi) is 20.1. The molecule has 0 aliphatic carbocycles. The summed E-state index contributed by atoms with van der Waals surface area (Å²) >= 11 is 0. The summed E-state index contributed by atoms with van der Waals surface area (Å²) in [7, 11) is 1.41. The van der Waals surface area contributed by atoms with E-state index < -0.39 is 22.8 Å². The first kappa shape index (κ1) is 47.9. The van der Waals surface area contributed by atoms with Gasteiger partial charge in [0.1, 0.15) is 28.6 Å². The number of rotatable bonds is 16. The predicted molar refractivity (Wildman–Crippen MR) is 214 cm³/mol. The molecule has 13 nitrogen and oxygen atoms in total. The van der Waals surface area contributed by atoms with Crippen LogP contribution in [0.4, 0.5) is 0 Å². The van der Waals surface area contributed by atoms with Gasteiger partial charge in [-0.2, -0.15) is 0 Å². The number of carbonyl (C=O) groups is 4. The van der Waals surface area contributed by atoms with E-state index in [4.69, 9.17) is 23.7 Å². The average molecular weight is 777 g/mol. The van der Waals surface area contributed by atoms with Gasteiger partial charge in [0.25, 0.3) is 0 Å². The van der Waals surface area contributed by atoms with Crippen LogP contribution in [0.5, 0.6) is 5.75 Å². The number of methoxy groups -OCH3 is 1. The number of carbonyl (C=O) groups excluding carboxylic acids is 4. The molecule has 0 bridgehead atoms. The summed E-state index contributed by atoms with van der Waals surface area (Å²) in [5, 5.41) is 0. The third kappa shape index (κ3) is 21.6. The van der Waals surface area contributed by atoms with Gasteiger partial charge in [0, 0.05) is 52.4 Å². The van der Waals surface area contributed by atoms with Crippen LogP contribution >= 0.6 is 0 Å². The lowest BCUT2D eigenvalue weighted by molar-refractivity contribution is -0.159. The Balaban J connectivity index is 2.36. The zero-order chi connectivity index (χ0) is 41.2. The first-order chi connectivity index (χ1) is 25.7. The van der Waals surface area contributed by atoms with Crippen LogP contribution in [-0.2, 0) is 44.5 Å². The number of unbranched alkanes of at least 4 members (excludes halogenated alkanes) is 1. The van der Waals surface area contributed by atoms with Crippen molar-refractivity contribution < 1.29 is 42.9 Å². The fraction of sp³-hybridized carbons (Fsp3) is 0.762. The van der Waals surface area contributed by atoms with Crippen molar-refractivity contribution in [3.05, 3.63) is 29.8 Å². The fourth-order valence-corrected chi connectivity index (χ4v) is 6.18. The Morgan fingerprint density at radius 1 is 0.618 bits per heavy atom. The topological polar surface area (TPSA) is 127 Å². The molecule has 0 unspecified atom stereocenters. The van der Waals surface area contributed by atoms with Crippen molar-refractivity contribution in [2.24, 2.45) is 0 Å². The van der Waals surface area contributed by atoms with E-state index in [1.807, 2.05) is 89.1 Å². The molecular weight excluding hydrogens is 704 g/mol. The Morgan fingerprint density at radius 3 is 1.38 bits per heavy atom. The van der Waals surface area contributed by atoms with Crippen LogP contribution in [0.1, 0.15) is 100 Å². The highest BCUT2D eigenvalue weighted by atomic mass is 16.6. The maximum absolute atomic E-state index is 13.5. The van der Waals surface area contributed by atoms with E-state index in [1.54, 1.807) is 0 Å². The second-order valence-corrected chi connectivity index (χ2v) is 17.4. The molecule has 1 aromatic rings. The molecule has 13 heteroatoms. The van der Waals surface area contributed by atoms with E-state index in [0.717, 1.165) is 37.0 Å². The zero-order valence-electron chi connectivity index (χ0n) is 35.9. The van der Waals surface area contributed by atoms with Crippen molar-refractivity contribution in [1.29, 1.82) is 0 Å². The summed E-state index contributed by atoms with van der Waals surface area (Å²) in [6.07, 6.45) is 4.17. The highest BCUT2D eigenvalue weighted by Gasteiger charge is 2.30. The molecule has 1 saturated heterocycles. The number of hydrogen-bond acceptors (Lipinski definition) is 13. The first-order valence-electron chi connectivity index (χ1n) is 20.0. The van der Waals surface area contributed by atoms with Gasteiger partial charge in [0.2, 0.25) is 0 Å². The Hall–Kier alpha value is -3.26. The maximum atomic E-state index is 13.5. The Morgan fingerprint density at radius 2 is 1.02 bits per heavy atom. The predicted octanol–water partition coefficient (Wildman–Crippen LogP) is 4.98. The lowest BCUT2D eigenvalue weighted by Crippen LogP contribution is -2.52. The van der Waals surface area contributed by atoms with Crippen molar-refractivity contribution in [2.45, 2.75) is 124 Å². The fourth-order valence-electron chi connectivity index (χ4n) is 6.18. The van der Waals surface area contributed by atoms with E-state index >= 15 is 0 Å². The van der Waals surface area contributed by atoms with Gasteiger partial charge in [-0.25, -0.2) is 0 Å². The van der Waals surface area contributed by atoms with Crippen molar-refractivity contribution in [3.63, 3.8) is 0 Å². The van der Waals surface area contributed by atoms with Gasteiger partial charge >= 0.3 is 23.9 Å². The second-order valence-electron chi connectivity index (χ2n) is 17.4. The number of ether oxygens (including phenoxy) is 5. The molecule has 0 N–H and O–H groups in total. The third-order valence-corrected chi connectivity index (χ3v) is 8.74. The summed E-state index contributed by atoms with van der Waals surface area (Å²) < 4.78 is 28.2. The number of esters is 4. The van der Waals surface area contributed by atoms with Crippen molar-refractivity contribution in [1.82, 2.24) is 19.6 Å². The van der Waals surface area contributed by atoms with E-state index in [9.17, 15) is 19.2 Å². The van der Waals surface area contributed by atoms with Crippen molar-refractivity contribution >= 4 is 23.9 Å². The van der Waals surface area contributed by atoms with Gasteiger partial charge in [-0.3, -0.25) is 38.8 Å². The molecule has 0 spiro atoms. The summed E-state index contributed by atoms with van der Waals surface area (Å²) in [5.41, 5.74) is -0.770. The summed E-state index contributed by atoms with van der Waals surface area (Å²) in [4.78, 5) is 60.8. The standard InChI is InChI=1S/C42H72N4O9/c1-12-13-29-52-34-19-17-33(18-20-34)15-14-16-35(39(50)51-11)46-27-25-44(31-37(48)54-41(5,6)7)23-21-43(30-36(47)53-40(2,3)4)22-24-45(26-28-46)32-38(49)55-42(8,9)10/h17-20,35H,12-16,21-32H2,1-11H3/t35-/m0/s1. The summed E-state index contributed by atoms with van der Waals surface area (Å²) in [6.45, 7) is 23.2. The number of aryl methyl sites for hydroxylation is 1. The molecule has 0 amide bonds. The van der Waals surface area contributed by atoms with Crippen LogP contribution in [0.25, 0.3) is 0 Å². The van der Waals surface area contributed by atoms with Crippen molar-refractivity contribution in [2.75, 3.05) is 85.7 Å². The third-order valence-electron chi connectivity index (χ3n) is 8.74. The largest absolute Gasteiger partial charge is 0.494 e. The van der Waals surface area contributed by atoms with Crippen LogP contribution < -0.4 is 4.74 Å². The lowest BCUT2D eigenvalue weighted by atomic mass is 10.0. The molecule has 1 fully saturated rings. The minimum Gasteiger partial charge on any atom is -0.494 e. The minimum atomic E-state index is -0.644. The van der Waals surface area contributed by atoms with Gasteiger partial charge in [0.15, 0.2) is 0 Å². The van der Waals surface area contributed by atoms with Gasteiger partial charge in [-0.1, -0.05) is 25.5 Å². The van der Waals surface area contributed by atoms with Crippen LogP contribution in [0.3, 0.4) is 0 Å². The van der Waals surface area contributed by atoms with E-state index in [0.29, 0.717) is 65.4 Å². The highest BCUT2D eigenvalue weighted by Crippen LogP contribution is 2.18. The molecule has 1 aromatic carbocycles. The number of benzene rings is 1. The highest BCUT2D eigenvalue weighted by molar-refractivity contribution is 5.75. The second kappa shape index (κ2) is 23.1. The van der Waals surface area contributed by atoms with Crippen LogP contribution in [-0.4, -0.2) is 152 Å². The molecule has 0 radical (unpaired) electrons. The zero-order valence-corrected chi connectivity index (χ0v) is 35.9. The minimum absolute atomic E-state index is 0.0528. The molecule has 1 aliphatic rings. The van der Waals surface area contributed by atoms with Crippen LogP contribution in [0.2, 0.25) is 0 Å². The Labute approximate surface area is 331 Å². The monoisotopic (exact) mass is 777 g/mol. The van der Waals surface area contributed by atoms with E-state index in [1.165, 1.54) is 7.11 Å². The molecule has 55 heavy (non-hydrogen) atoms. The quantitative estimate of drug-likeness (QED) is 0.127. The molecule has 1 heterocycles. The molecule has 0 saturated carbocycles. The molecule has 1 atom stereocenters. The lowest BCUT2D eigenvalue weighted by Gasteiger charge is -2.36. The van der Waals surface area contributed by atoms with E-state index in [-0.39, 0.29) is 43.5 Å². The van der Waals surface area contributed by atoms with Gasteiger partial charge in [0.05, 0.1) is 33.4 Å². The van der Waals surface area contributed by atoms with Gasteiger partial charge < -0.3 is 23.7 Å². The molecular formula is C42H72N4O9. The maximum Gasteiger partial charge on any atom is 0.323 e. The summed E-state index contributed by atoms with van der Waals surface area (Å²) in [5.74, 6) is -0.517. The molecule has 314 valence electrons. The van der Waals surface area contributed by atoms with Gasteiger partial charge in [-0.05, 0) is 106 Å². The number of hydrogen-bond donors (Lipinski definition) is 0. The summed E-state index contributed by atoms with van der Waals surface area (Å²) in [6, 6.07) is 7.58. The van der Waals surface area contributed by atoms with Crippen LogP contribution in [0.15, 0.2) is 24.3 Å². The SMILES string of the molecule is CCCCOc1ccc(CCC[C@@H](C(=O)OC)N2CCN(CC(=O)OC(C)(C)C)CCN(CC(=O)OC(C)(C)C)CCN(CC(=O)OC(C)(C)C)CC2)cc1. The normalized spacial score (nSPS) is 17.0. The molecule has 0 aromatic heterocycles. The van der Waals surface area contributed by atoms with Gasteiger partial charge in [-0.15, -0.1) is 0 Å². The Bertz CT molecular complexity index is 1270.